The summed E-state index contributed by atoms with van der Waals surface area (Å²) in [7, 11) is 0. The fourth-order valence-electron chi connectivity index (χ4n) is 2.55. The Balaban J connectivity index is 2.31. The number of ether oxygens (including phenoxy) is 1. The summed E-state index contributed by atoms with van der Waals surface area (Å²) in [6.45, 7) is 0. The fraction of sp³-hybridized carbons (Fsp3) is 0.143. The first-order chi connectivity index (χ1) is 11.2. The number of alkyl halides is 3. The Morgan fingerprint density at radius 1 is 1.33 bits per heavy atom. The molecule has 0 radical (unpaired) electrons. The molecule has 2 heterocycles. The van der Waals surface area contributed by atoms with Crippen molar-refractivity contribution in [1.29, 1.82) is 5.26 Å². The van der Waals surface area contributed by atoms with Gasteiger partial charge in [-0.25, -0.2) is 0 Å². The van der Waals surface area contributed by atoms with Gasteiger partial charge >= 0.3 is 6.18 Å². The van der Waals surface area contributed by atoms with Crippen LogP contribution >= 0.6 is 0 Å². The van der Waals surface area contributed by atoms with Crippen molar-refractivity contribution in [2.45, 2.75) is 12.1 Å². The van der Waals surface area contributed by atoms with Crippen LogP contribution < -0.4 is 10.5 Å². The number of halogens is 3. The maximum absolute atomic E-state index is 13.2. The Hall–Kier alpha value is -3.35. The number of rotatable bonds is 1. The molecule has 7 nitrogen and oxygen atoms in total. The number of nitrogens with zero attached hydrogens (tertiary/aromatic N) is 2. The van der Waals surface area contributed by atoms with Crippen molar-refractivity contribution < 1.29 is 28.1 Å². The molecule has 3 rings (SSSR count). The van der Waals surface area contributed by atoms with E-state index in [1.807, 2.05) is 5.10 Å². The molecule has 1 aliphatic rings. The van der Waals surface area contributed by atoms with Gasteiger partial charge in [0.25, 0.3) is 0 Å². The summed E-state index contributed by atoms with van der Waals surface area (Å²) in [6, 6.07) is 5.01. The van der Waals surface area contributed by atoms with Crippen LogP contribution in [-0.2, 0) is 6.18 Å². The van der Waals surface area contributed by atoms with Crippen LogP contribution in [0.25, 0.3) is 0 Å². The molecule has 1 aliphatic heterocycles. The summed E-state index contributed by atoms with van der Waals surface area (Å²) in [5.74, 6) is -2.99. The zero-order chi connectivity index (χ0) is 17.6. The molecule has 24 heavy (non-hydrogen) atoms. The van der Waals surface area contributed by atoms with E-state index in [0.29, 0.717) is 0 Å². The molecule has 1 aromatic carbocycles. The smallest absolute Gasteiger partial charge is 0.433 e. The van der Waals surface area contributed by atoms with Gasteiger partial charge in [0.15, 0.2) is 0 Å². The van der Waals surface area contributed by atoms with Gasteiger partial charge < -0.3 is 20.7 Å². The second-order valence-corrected chi connectivity index (χ2v) is 4.98. The van der Waals surface area contributed by atoms with E-state index in [1.54, 1.807) is 6.07 Å². The van der Waals surface area contributed by atoms with Crippen molar-refractivity contribution in [3.63, 3.8) is 0 Å². The van der Waals surface area contributed by atoms with Crippen LogP contribution in [0.15, 0.2) is 29.7 Å². The van der Waals surface area contributed by atoms with Gasteiger partial charge in [0.2, 0.25) is 11.8 Å². The van der Waals surface area contributed by atoms with Crippen LogP contribution in [0.4, 0.5) is 13.2 Å². The number of hydrogen-bond donors (Lipinski definition) is 4. The number of hydrogen-bond acceptors (Lipinski definition) is 6. The lowest BCUT2D eigenvalue weighted by molar-refractivity contribution is -0.141. The van der Waals surface area contributed by atoms with Crippen molar-refractivity contribution in [2.24, 2.45) is 5.73 Å². The van der Waals surface area contributed by atoms with Crippen LogP contribution in [0.3, 0.4) is 0 Å². The monoisotopic (exact) mass is 338 g/mol. The molecule has 0 amide bonds. The molecule has 0 aliphatic carbocycles. The second kappa shape index (κ2) is 5.09. The quantitative estimate of drug-likeness (QED) is 0.630. The Kier molecular flexibility index (Phi) is 3.30. The molecule has 1 aromatic heterocycles. The van der Waals surface area contributed by atoms with Crippen molar-refractivity contribution in [3.8, 4) is 23.4 Å². The molecule has 0 spiro atoms. The van der Waals surface area contributed by atoms with Crippen LogP contribution in [-0.4, -0.2) is 20.4 Å². The third-order valence-corrected chi connectivity index (χ3v) is 3.55. The normalized spacial score (nSPS) is 17.2. The van der Waals surface area contributed by atoms with E-state index >= 15 is 0 Å². The highest BCUT2D eigenvalue weighted by Crippen LogP contribution is 2.48. The summed E-state index contributed by atoms with van der Waals surface area (Å²) in [6.07, 6.45) is -4.79. The average Bonchev–Trinajstić information content (AvgIpc) is 2.89. The molecule has 2 aromatic rings. The lowest BCUT2D eigenvalue weighted by atomic mass is 9.83. The standard InChI is InChI=1S/C14H9F3N4O3/c15-14(16,17)11-10-9(6-2-1-5(22)3-8(6)23)7(4-18)12(19)24-13(10)21-20-11/h1-3,9,22-23H,19H2,(H,20,21). The fourth-order valence-corrected chi connectivity index (χ4v) is 2.55. The van der Waals surface area contributed by atoms with Crippen LogP contribution in [0.2, 0.25) is 0 Å². The number of benzene rings is 1. The maximum Gasteiger partial charge on any atom is 0.433 e. The first-order valence-corrected chi connectivity index (χ1v) is 6.49. The van der Waals surface area contributed by atoms with E-state index in [0.717, 1.165) is 6.07 Å². The van der Waals surface area contributed by atoms with Gasteiger partial charge in [-0.15, -0.1) is 5.10 Å². The first kappa shape index (κ1) is 15.5. The summed E-state index contributed by atoms with van der Waals surface area (Å²) in [5, 5.41) is 33.9. The van der Waals surface area contributed by atoms with Crippen molar-refractivity contribution in [2.75, 3.05) is 0 Å². The summed E-state index contributed by atoms with van der Waals surface area (Å²) >= 11 is 0. The number of H-pyrrole nitrogens is 1. The summed E-state index contributed by atoms with van der Waals surface area (Å²) < 4.78 is 44.7. The van der Waals surface area contributed by atoms with Gasteiger partial charge in [0.05, 0.1) is 11.5 Å². The Morgan fingerprint density at radius 3 is 2.62 bits per heavy atom. The van der Waals surface area contributed by atoms with Gasteiger partial charge in [-0.3, -0.25) is 5.10 Å². The number of nitriles is 1. The number of aromatic amines is 1. The predicted molar refractivity (Wildman–Crippen MR) is 72.7 cm³/mol. The molecule has 1 atom stereocenters. The lowest BCUT2D eigenvalue weighted by Gasteiger charge is -2.24. The van der Waals surface area contributed by atoms with Crippen LogP contribution in [0, 0.1) is 11.3 Å². The van der Waals surface area contributed by atoms with Crippen LogP contribution in [0.1, 0.15) is 22.7 Å². The van der Waals surface area contributed by atoms with Gasteiger partial charge in [-0.05, 0) is 6.07 Å². The van der Waals surface area contributed by atoms with E-state index in [9.17, 15) is 28.6 Å². The highest BCUT2D eigenvalue weighted by Gasteiger charge is 2.45. The van der Waals surface area contributed by atoms with Gasteiger partial charge in [-0.2, -0.15) is 18.4 Å². The molecule has 0 fully saturated rings. The number of nitrogens with two attached hydrogens (primary N) is 1. The van der Waals surface area contributed by atoms with Gasteiger partial charge in [0, 0.05) is 11.6 Å². The van der Waals surface area contributed by atoms with Crippen LogP contribution in [0.5, 0.6) is 17.4 Å². The molecule has 124 valence electrons. The average molecular weight is 338 g/mol. The zero-order valence-corrected chi connectivity index (χ0v) is 11.7. The van der Waals surface area contributed by atoms with Crippen molar-refractivity contribution >= 4 is 0 Å². The van der Waals surface area contributed by atoms with E-state index in [4.69, 9.17) is 10.5 Å². The third kappa shape index (κ3) is 2.26. The topological polar surface area (TPSA) is 128 Å². The lowest BCUT2D eigenvalue weighted by Crippen LogP contribution is -2.22. The zero-order valence-electron chi connectivity index (χ0n) is 11.7. The highest BCUT2D eigenvalue weighted by molar-refractivity contribution is 5.59. The number of aromatic hydroxyl groups is 2. The van der Waals surface area contributed by atoms with E-state index in [2.05, 4.69) is 5.10 Å². The second-order valence-electron chi connectivity index (χ2n) is 4.98. The Bertz CT molecular complexity index is 896. The molecule has 1 unspecified atom stereocenters. The molecule has 0 saturated heterocycles. The van der Waals surface area contributed by atoms with Crippen molar-refractivity contribution in [3.05, 3.63) is 46.5 Å². The maximum atomic E-state index is 13.2. The first-order valence-electron chi connectivity index (χ1n) is 6.49. The largest absolute Gasteiger partial charge is 0.508 e. The van der Waals surface area contributed by atoms with E-state index in [1.165, 1.54) is 12.1 Å². The predicted octanol–water partition coefficient (Wildman–Crippen LogP) is 2.06. The van der Waals surface area contributed by atoms with Crippen molar-refractivity contribution in [1.82, 2.24) is 10.2 Å². The third-order valence-electron chi connectivity index (χ3n) is 3.55. The molecule has 0 bridgehead atoms. The Labute approximate surface area is 132 Å². The minimum atomic E-state index is -4.79. The van der Waals surface area contributed by atoms with E-state index < -0.39 is 40.9 Å². The summed E-state index contributed by atoms with van der Waals surface area (Å²) in [4.78, 5) is 0. The number of phenolic OH excluding ortho intramolecular Hbond substituents is 2. The van der Waals surface area contributed by atoms with E-state index in [-0.39, 0.29) is 16.9 Å². The number of allylic oxidation sites excluding steroid dienone is 1. The Morgan fingerprint density at radius 2 is 2.04 bits per heavy atom. The number of fused-ring (bicyclic) bond motifs is 1. The molecule has 10 heteroatoms. The number of nitrogens with one attached hydrogen (secondary N) is 1. The molecular formula is C14H9F3N4O3. The molecular weight excluding hydrogens is 329 g/mol. The molecule has 0 saturated carbocycles. The molecule has 5 N–H and O–H groups in total. The number of phenols is 2. The highest BCUT2D eigenvalue weighted by atomic mass is 19.4. The number of aromatic nitrogens is 2. The SMILES string of the molecule is N#CC1=C(N)Oc2n[nH]c(C(F)(F)F)c2C1c1ccc(O)cc1O. The van der Waals surface area contributed by atoms with Gasteiger partial charge in [-0.1, -0.05) is 6.07 Å². The minimum absolute atomic E-state index is 0.0521. The summed E-state index contributed by atoms with van der Waals surface area (Å²) in [5.41, 5.74) is 3.56. The minimum Gasteiger partial charge on any atom is -0.508 e. The van der Waals surface area contributed by atoms with Gasteiger partial charge in [0.1, 0.15) is 28.8 Å².